The van der Waals surface area contributed by atoms with Crippen molar-refractivity contribution in [1.82, 2.24) is 14.9 Å². The van der Waals surface area contributed by atoms with Crippen LogP contribution in [-0.2, 0) is 11.2 Å². The van der Waals surface area contributed by atoms with Crippen LogP contribution in [0.15, 0.2) is 57.9 Å². The Labute approximate surface area is 161 Å². The average molecular weight is 380 g/mol. The second-order valence-corrected chi connectivity index (χ2v) is 6.21. The van der Waals surface area contributed by atoms with Crippen LogP contribution >= 0.6 is 0 Å². The lowest BCUT2D eigenvalue weighted by Gasteiger charge is -2.15. The highest BCUT2D eigenvalue weighted by atomic mass is 16.3. The summed E-state index contributed by atoms with van der Waals surface area (Å²) in [7, 11) is 1.52. The quantitative estimate of drug-likeness (QED) is 0.682. The number of amides is 2. The molecule has 1 aromatic carbocycles. The van der Waals surface area contributed by atoms with Gasteiger partial charge >= 0.3 is 0 Å². The zero-order valence-electron chi connectivity index (χ0n) is 15.6. The van der Waals surface area contributed by atoms with Crippen molar-refractivity contribution in [2.75, 3.05) is 18.9 Å². The SMILES string of the molecule is CCc1cc(=O)[nH]c(-c2cccc(NC(=O)CN(C)C(=O)c3ccco3)c2)n1. The molecule has 0 aliphatic heterocycles. The molecule has 3 aromatic rings. The highest BCUT2D eigenvalue weighted by Gasteiger charge is 2.17. The van der Waals surface area contributed by atoms with E-state index in [1.807, 2.05) is 6.92 Å². The predicted octanol–water partition coefficient (Wildman–Crippen LogP) is 2.30. The number of likely N-dealkylation sites (N-methyl/N-ethyl adjacent to an activating group) is 1. The summed E-state index contributed by atoms with van der Waals surface area (Å²) in [6.07, 6.45) is 2.04. The van der Waals surface area contributed by atoms with Gasteiger partial charge in [0.05, 0.1) is 12.8 Å². The van der Waals surface area contributed by atoms with Crippen molar-refractivity contribution < 1.29 is 14.0 Å². The Kier molecular flexibility index (Phi) is 5.69. The third kappa shape index (κ3) is 4.53. The van der Waals surface area contributed by atoms with Crippen molar-refractivity contribution in [1.29, 1.82) is 0 Å². The van der Waals surface area contributed by atoms with Crippen LogP contribution in [0.1, 0.15) is 23.2 Å². The first-order valence-corrected chi connectivity index (χ1v) is 8.75. The highest BCUT2D eigenvalue weighted by Crippen LogP contribution is 2.19. The van der Waals surface area contributed by atoms with Gasteiger partial charge in [-0.2, -0.15) is 0 Å². The fourth-order valence-electron chi connectivity index (χ4n) is 2.65. The standard InChI is InChI=1S/C20H20N4O4/c1-3-14-11-17(25)23-19(22-14)13-6-4-7-15(10-13)21-18(26)12-24(2)20(27)16-8-5-9-28-16/h4-11H,3,12H2,1-2H3,(H,21,26)(H,22,23,25). The van der Waals surface area contributed by atoms with Gasteiger partial charge in [-0.3, -0.25) is 14.4 Å². The maximum Gasteiger partial charge on any atom is 0.289 e. The number of nitrogens with one attached hydrogen (secondary N) is 2. The van der Waals surface area contributed by atoms with E-state index in [9.17, 15) is 14.4 Å². The molecule has 0 unspecified atom stereocenters. The minimum absolute atomic E-state index is 0.135. The lowest BCUT2D eigenvalue weighted by atomic mass is 10.1. The second-order valence-electron chi connectivity index (χ2n) is 6.21. The molecule has 8 heteroatoms. The lowest BCUT2D eigenvalue weighted by Crippen LogP contribution is -2.34. The van der Waals surface area contributed by atoms with E-state index >= 15 is 0 Å². The molecule has 144 valence electrons. The molecule has 0 saturated carbocycles. The molecule has 0 spiro atoms. The Morgan fingerprint density at radius 3 is 2.75 bits per heavy atom. The van der Waals surface area contributed by atoms with E-state index in [1.54, 1.807) is 36.4 Å². The van der Waals surface area contributed by atoms with Gasteiger partial charge in [-0.25, -0.2) is 4.98 Å². The lowest BCUT2D eigenvalue weighted by molar-refractivity contribution is -0.116. The monoisotopic (exact) mass is 380 g/mol. The molecule has 2 aromatic heterocycles. The Morgan fingerprint density at radius 2 is 2.04 bits per heavy atom. The zero-order valence-corrected chi connectivity index (χ0v) is 15.6. The second kappa shape index (κ2) is 8.34. The summed E-state index contributed by atoms with van der Waals surface area (Å²) in [4.78, 5) is 44.6. The Balaban J connectivity index is 1.70. The van der Waals surface area contributed by atoms with E-state index in [0.29, 0.717) is 29.2 Å². The van der Waals surface area contributed by atoms with Crippen molar-refractivity contribution in [3.05, 3.63) is 70.5 Å². The van der Waals surface area contributed by atoms with Gasteiger partial charge in [0.1, 0.15) is 5.82 Å². The van der Waals surface area contributed by atoms with Crippen LogP contribution in [0, 0.1) is 0 Å². The highest BCUT2D eigenvalue weighted by molar-refractivity contribution is 5.98. The number of carbonyl (C=O) groups excluding carboxylic acids is 2. The number of nitrogens with zero attached hydrogens (tertiary/aromatic N) is 2. The maximum atomic E-state index is 12.3. The Morgan fingerprint density at radius 1 is 1.21 bits per heavy atom. The molecule has 2 N–H and O–H groups in total. The molecule has 2 heterocycles. The molecule has 8 nitrogen and oxygen atoms in total. The molecule has 0 fully saturated rings. The average Bonchev–Trinajstić information content (AvgIpc) is 3.21. The fraction of sp³-hybridized carbons (Fsp3) is 0.200. The summed E-state index contributed by atoms with van der Waals surface area (Å²) in [5.74, 6) is -0.135. The molecular formula is C20H20N4O4. The third-order valence-corrected chi connectivity index (χ3v) is 4.04. The predicted molar refractivity (Wildman–Crippen MR) is 104 cm³/mol. The van der Waals surface area contributed by atoms with Gasteiger partial charge < -0.3 is 19.6 Å². The molecule has 3 rings (SSSR count). The normalized spacial score (nSPS) is 10.5. The molecule has 0 bridgehead atoms. The molecule has 0 radical (unpaired) electrons. The summed E-state index contributed by atoms with van der Waals surface area (Å²) in [5, 5.41) is 2.74. The molecule has 0 saturated heterocycles. The van der Waals surface area contributed by atoms with Crippen LogP contribution in [-0.4, -0.2) is 40.3 Å². The van der Waals surface area contributed by atoms with E-state index in [-0.39, 0.29) is 29.7 Å². The topological polar surface area (TPSA) is 108 Å². The van der Waals surface area contributed by atoms with E-state index in [2.05, 4.69) is 15.3 Å². The Bertz CT molecular complexity index is 1040. The number of anilines is 1. The number of H-pyrrole nitrogens is 1. The minimum atomic E-state index is -0.382. The molecule has 0 atom stereocenters. The third-order valence-electron chi connectivity index (χ3n) is 4.04. The summed E-state index contributed by atoms with van der Waals surface area (Å²) in [6.45, 7) is 1.78. The van der Waals surface area contributed by atoms with Crippen molar-refractivity contribution >= 4 is 17.5 Å². The number of aromatic amines is 1. The smallest absolute Gasteiger partial charge is 0.289 e. The first kappa shape index (κ1) is 19.1. The van der Waals surface area contributed by atoms with Crippen molar-refractivity contribution in [2.24, 2.45) is 0 Å². The molecule has 0 aliphatic rings. The number of aryl methyl sites for hydroxylation is 1. The zero-order chi connectivity index (χ0) is 20.1. The number of rotatable bonds is 6. The molecule has 2 amide bonds. The van der Waals surface area contributed by atoms with Gasteiger partial charge in [-0.15, -0.1) is 0 Å². The molecule has 28 heavy (non-hydrogen) atoms. The Hall–Kier alpha value is -3.68. The van der Waals surface area contributed by atoms with Gasteiger partial charge in [0.15, 0.2) is 5.76 Å². The maximum absolute atomic E-state index is 12.3. The molecule has 0 aliphatic carbocycles. The van der Waals surface area contributed by atoms with Crippen LogP contribution < -0.4 is 10.9 Å². The van der Waals surface area contributed by atoms with E-state index < -0.39 is 0 Å². The van der Waals surface area contributed by atoms with E-state index in [0.717, 1.165) is 0 Å². The van der Waals surface area contributed by atoms with Crippen LogP contribution in [0.4, 0.5) is 5.69 Å². The van der Waals surface area contributed by atoms with Gasteiger partial charge in [0, 0.05) is 30.1 Å². The van der Waals surface area contributed by atoms with Crippen LogP contribution in [0.25, 0.3) is 11.4 Å². The van der Waals surface area contributed by atoms with Crippen molar-refractivity contribution in [3.63, 3.8) is 0 Å². The van der Waals surface area contributed by atoms with Crippen molar-refractivity contribution in [3.8, 4) is 11.4 Å². The van der Waals surface area contributed by atoms with Crippen LogP contribution in [0.3, 0.4) is 0 Å². The summed E-state index contributed by atoms with van der Waals surface area (Å²) < 4.78 is 5.05. The van der Waals surface area contributed by atoms with Crippen LogP contribution in [0.5, 0.6) is 0 Å². The summed E-state index contributed by atoms with van der Waals surface area (Å²) in [5.41, 5.74) is 1.66. The largest absolute Gasteiger partial charge is 0.459 e. The fourth-order valence-corrected chi connectivity index (χ4v) is 2.65. The summed E-state index contributed by atoms with van der Waals surface area (Å²) >= 11 is 0. The summed E-state index contributed by atoms with van der Waals surface area (Å²) in [6, 6.07) is 11.6. The van der Waals surface area contributed by atoms with Gasteiger partial charge in [-0.1, -0.05) is 19.1 Å². The van der Waals surface area contributed by atoms with Crippen molar-refractivity contribution in [2.45, 2.75) is 13.3 Å². The van der Waals surface area contributed by atoms with Gasteiger partial charge in [0.2, 0.25) is 5.91 Å². The number of carbonyl (C=O) groups is 2. The first-order valence-electron chi connectivity index (χ1n) is 8.75. The number of aromatic nitrogens is 2. The van der Waals surface area contributed by atoms with Crippen LogP contribution in [0.2, 0.25) is 0 Å². The van der Waals surface area contributed by atoms with E-state index in [4.69, 9.17) is 4.42 Å². The minimum Gasteiger partial charge on any atom is -0.459 e. The number of furan rings is 1. The number of benzene rings is 1. The van der Waals surface area contributed by atoms with Gasteiger partial charge in [0.25, 0.3) is 11.5 Å². The number of hydrogen-bond acceptors (Lipinski definition) is 5. The first-order chi connectivity index (χ1) is 13.5. The molecular weight excluding hydrogens is 360 g/mol. The van der Waals surface area contributed by atoms with E-state index in [1.165, 1.54) is 24.3 Å². The number of hydrogen-bond donors (Lipinski definition) is 2. The van der Waals surface area contributed by atoms with Gasteiger partial charge in [-0.05, 0) is 30.7 Å².